The van der Waals surface area contributed by atoms with Gasteiger partial charge in [0, 0.05) is 33.2 Å². The van der Waals surface area contributed by atoms with Gasteiger partial charge in [-0.2, -0.15) is 13.2 Å². The molecule has 0 aliphatic rings. The van der Waals surface area contributed by atoms with E-state index in [-0.39, 0.29) is 11.4 Å². The van der Waals surface area contributed by atoms with Gasteiger partial charge in [0.25, 0.3) is 0 Å². The van der Waals surface area contributed by atoms with E-state index in [9.17, 15) is 13.2 Å². The van der Waals surface area contributed by atoms with Gasteiger partial charge in [0.15, 0.2) is 17.5 Å². The minimum Gasteiger partial charge on any atom is -0.309 e. The number of aromatic nitrogens is 4. The summed E-state index contributed by atoms with van der Waals surface area (Å²) in [5.74, 6) is 1.10. The zero-order valence-corrected chi connectivity index (χ0v) is 30.9. The minimum atomic E-state index is -4.59. The van der Waals surface area contributed by atoms with E-state index in [1.54, 1.807) is 12.1 Å². The van der Waals surface area contributed by atoms with E-state index >= 15 is 0 Å². The van der Waals surface area contributed by atoms with E-state index in [1.165, 1.54) is 34.4 Å². The number of benzene rings is 7. The molecule has 0 N–H and O–H groups in total. The van der Waals surface area contributed by atoms with Crippen molar-refractivity contribution in [2.24, 2.45) is 0 Å². The maximum atomic E-state index is 14.7. The Bertz CT molecular complexity index is 2850. The number of nitrogens with zero attached hydrogens (tertiary/aromatic N) is 4. The van der Waals surface area contributed by atoms with Crippen LogP contribution in [0, 0.1) is 20.8 Å². The molecule has 0 aliphatic carbocycles. The summed E-state index contributed by atoms with van der Waals surface area (Å²) in [5, 5.41) is 2.14. The van der Waals surface area contributed by atoms with Crippen LogP contribution in [0.15, 0.2) is 158 Å². The van der Waals surface area contributed by atoms with E-state index in [2.05, 4.69) is 67.8 Å². The van der Waals surface area contributed by atoms with Gasteiger partial charge in [0.2, 0.25) is 0 Å². The van der Waals surface area contributed by atoms with Crippen molar-refractivity contribution in [3.05, 3.63) is 180 Å². The molecule has 0 bridgehead atoms. The fraction of sp³-hybridized carbons (Fsp3) is 0.0816. The van der Waals surface area contributed by atoms with Gasteiger partial charge in [-0.1, -0.05) is 127 Å². The summed E-state index contributed by atoms with van der Waals surface area (Å²) in [6, 6.07) is 49.5. The quantitative estimate of drug-likeness (QED) is 0.171. The molecule has 2 heterocycles. The van der Waals surface area contributed by atoms with Gasteiger partial charge < -0.3 is 4.57 Å². The molecule has 9 aromatic rings. The molecule has 0 amide bonds. The summed E-state index contributed by atoms with van der Waals surface area (Å²) >= 11 is 0. The summed E-state index contributed by atoms with van der Waals surface area (Å²) in [6.45, 7) is 6.41. The largest absolute Gasteiger partial charge is 0.417 e. The molecule has 7 aromatic carbocycles. The molecule has 7 heteroatoms. The van der Waals surface area contributed by atoms with E-state index in [0.717, 1.165) is 50.2 Å². The molecular formula is C49H35F3N4. The third-order valence-electron chi connectivity index (χ3n) is 10.4. The van der Waals surface area contributed by atoms with Crippen molar-refractivity contribution >= 4 is 21.8 Å². The van der Waals surface area contributed by atoms with Gasteiger partial charge in [-0.25, -0.2) is 15.0 Å². The standard InChI is InChI=1S/C49H35F3N4/c1-30-26-31(2)45(32(3)27-30)35-22-25-44-40(28-35)39-19-11-13-21-43(39)56(44)36-23-24-37(38-18-10-12-20-42(38)49(50,51)52)41(29-36)48-54-46(33-14-6-4-7-15-33)53-47(55-48)34-16-8-5-9-17-34/h4-29H,1-3H3. The lowest BCUT2D eigenvalue weighted by molar-refractivity contribution is -0.137. The second-order valence-corrected chi connectivity index (χ2v) is 14.2. The Morgan fingerprint density at radius 3 is 1.68 bits per heavy atom. The number of alkyl halides is 3. The summed E-state index contributed by atoms with van der Waals surface area (Å²) in [5.41, 5.74) is 10.3. The Balaban J connectivity index is 1.33. The van der Waals surface area contributed by atoms with Gasteiger partial charge in [0.1, 0.15) is 0 Å². The molecule has 2 aromatic heterocycles. The smallest absolute Gasteiger partial charge is 0.309 e. The Morgan fingerprint density at radius 1 is 0.446 bits per heavy atom. The van der Waals surface area contributed by atoms with E-state index < -0.39 is 11.7 Å². The Morgan fingerprint density at radius 2 is 1.02 bits per heavy atom. The van der Waals surface area contributed by atoms with Gasteiger partial charge >= 0.3 is 6.18 Å². The predicted octanol–water partition coefficient (Wildman–Crippen LogP) is 13.2. The zero-order valence-electron chi connectivity index (χ0n) is 30.9. The maximum Gasteiger partial charge on any atom is 0.417 e. The molecule has 0 atom stereocenters. The Hall–Kier alpha value is -6.86. The van der Waals surface area contributed by atoms with E-state index in [1.807, 2.05) is 84.9 Å². The van der Waals surface area contributed by atoms with Crippen LogP contribution in [0.1, 0.15) is 22.3 Å². The highest BCUT2D eigenvalue weighted by molar-refractivity contribution is 6.10. The SMILES string of the molecule is Cc1cc(C)c(-c2ccc3c(c2)c2ccccc2n3-c2ccc(-c3ccccc3C(F)(F)F)c(-c3nc(-c4ccccc4)nc(-c4ccccc4)n3)c2)c(C)c1. The van der Waals surface area contributed by atoms with Crippen molar-refractivity contribution in [1.82, 2.24) is 19.5 Å². The van der Waals surface area contributed by atoms with Crippen LogP contribution in [0.2, 0.25) is 0 Å². The van der Waals surface area contributed by atoms with Crippen LogP contribution in [-0.4, -0.2) is 19.5 Å². The molecular weight excluding hydrogens is 702 g/mol. The molecule has 0 fully saturated rings. The Labute approximate surface area is 322 Å². The van der Waals surface area contributed by atoms with Crippen LogP contribution in [0.25, 0.3) is 83.9 Å². The van der Waals surface area contributed by atoms with Gasteiger partial charge in [-0.05, 0) is 90.6 Å². The molecule has 0 spiro atoms. The van der Waals surface area contributed by atoms with Crippen molar-refractivity contribution in [3.8, 4) is 62.1 Å². The van der Waals surface area contributed by atoms with Crippen LogP contribution < -0.4 is 0 Å². The summed E-state index contributed by atoms with van der Waals surface area (Å²) in [6.07, 6.45) is -4.59. The van der Waals surface area contributed by atoms with E-state index in [0.29, 0.717) is 22.8 Å². The third kappa shape index (κ3) is 6.21. The minimum absolute atomic E-state index is 0.0418. The lowest BCUT2D eigenvalue weighted by Gasteiger charge is -2.18. The van der Waals surface area contributed by atoms with Gasteiger partial charge in [-0.15, -0.1) is 0 Å². The van der Waals surface area contributed by atoms with Crippen LogP contribution in [0.4, 0.5) is 13.2 Å². The lowest BCUT2D eigenvalue weighted by atomic mass is 9.93. The number of fused-ring (bicyclic) bond motifs is 3. The second kappa shape index (κ2) is 13.8. The molecule has 0 aliphatic heterocycles. The molecule has 0 saturated heterocycles. The molecule has 0 radical (unpaired) electrons. The first kappa shape index (κ1) is 34.9. The fourth-order valence-corrected chi connectivity index (χ4v) is 8.03. The van der Waals surface area contributed by atoms with Crippen LogP contribution in [0.5, 0.6) is 0 Å². The topological polar surface area (TPSA) is 43.6 Å². The summed E-state index contributed by atoms with van der Waals surface area (Å²) in [4.78, 5) is 14.8. The van der Waals surface area contributed by atoms with Crippen molar-refractivity contribution in [2.75, 3.05) is 0 Å². The molecule has 272 valence electrons. The second-order valence-electron chi connectivity index (χ2n) is 14.2. The van der Waals surface area contributed by atoms with Crippen molar-refractivity contribution in [3.63, 3.8) is 0 Å². The molecule has 0 unspecified atom stereocenters. The highest BCUT2D eigenvalue weighted by Gasteiger charge is 2.34. The van der Waals surface area contributed by atoms with Gasteiger partial charge in [0.05, 0.1) is 16.6 Å². The fourth-order valence-electron chi connectivity index (χ4n) is 8.03. The zero-order chi connectivity index (χ0) is 38.6. The summed E-state index contributed by atoms with van der Waals surface area (Å²) in [7, 11) is 0. The van der Waals surface area contributed by atoms with Gasteiger partial charge in [-0.3, -0.25) is 0 Å². The number of rotatable bonds is 6. The average molecular weight is 737 g/mol. The van der Waals surface area contributed by atoms with E-state index in [4.69, 9.17) is 15.0 Å². The predicted molar refractivity (Wildman–Crippen MR) is 221 cm³/mol. The average Bonchev–Trinajstić information content (AvgIpc) is 3.54. The number of hydrogen-bond donors (Lipinski definition) is 0. The highest BCUT2D eigenvalue weighted by atomic mass is 19.4. The van der Waals surface area contributed by atoms with Crippen LogP contribution >= 0.6 is 0 Å². The first-order valence-electron chi connectivity index (χ1n) is 18.4. The van der Waals surface area contributed by atoms with Crippen molar-refractivity contribution < 1.29 is 13.2 Å². The monoisotopic (exact) mass is 736 g/mol. The summed E-state index contributed by atoms with van der Waals surface area (Å²) < 4.78 is 46.2. The number of hydrogen-bond acceptors (Lipinski definition) is 3. The number of halogens is 3. The maximum absolute atomic E-state index is 14.7. The van der Waals surface area contributed by atoms with Crippen LogP contribution in [0.3, 0.4) is 0 Å². The molecule has 56 heavy (non-hydrogen) atoms. The number of para-hydroxylation sites is 1. The van der Waals surface area contributed by atoms with Crippen molar-refractivity contribution in [1.29, 1.82) is 0 Å². The molecule has 4 nitrogen and oxygen atoms in total. The van der Waals surface area contributed by atoms with Crippen molar-refractivity contribution in [2.45, 2.75) is 26.9 Å². The first-order chi connectivity index (χ1) is 27.1. The first-order valence-corrected chi connectivity index (χ1v) is 18.4. The normalized spacial score (nSPS) is 11.8. The number of aryl methyl sites for hydroxylation is 3. The third-order valence-corrected chi connectivity index (χ3v) is 10.4. The Kier molecular flexibility index (Phi) is 8.58. The molecule has 0 saturated carbocycles. The molecule has 9 rings (SSSR count). The lowest BCUT2D eigenvalue weighted by Crippen LogP contribution is -2.08. The van der Waals surface area contributed by atoms with Crippen LogP contribution in [-0.2, 0) is 6.18 Å². The highest BCUT2D eigenvalue weighted by Crippen LogP contribution is 2.43.